The number of nitrogens with one attached hydrogen (secondary N) is 2. The predicted octanol–water partition coefficient (Wildman–Crippen LogP) is 2.04. The molecule has 2 aliphatic heterocycles. The van der Waals surface area contributed by atoms with Crippen LogP contribution in [0.25, 0.3) is 0 Å². The minimum Gasteiger partial charge on any atom is -0.340 e. The van der Waals surface area contributed by atoms with Gasteiger partial charge in [-0.3, -0.25) is 9.89 Å². The first-order valence-corrected chi connectivity index (χ1v) is 8.29. The summed E-state index contributed by atoms with van der Waals surface area (Å²) < 4.78 is 0. The summed E-state index contributed by atoms with van der Waals surface area (Å²) in [6, 6.07) is 2.04. The molecule has 116 valence electrons. The Kier molecular flexibility index (Phi) is 4.29. The van der Waals surface area contributed by atoms with Crippen molar-refractivity contribution in [3.05, 3.63) is 18.0 Å². The van der Waals surface area contributed by atoms with Gasteiger partial charge in [-0.15, -0.1) is 0 Å². The minimum atomic E-state index is -0.287. The summed E-state index contributed by atoms with van der Waals surface area (Å²) in [6.45, 7) is 4.87. The third-order valence-corrected chi connectivity index (χ3v) is 5.00. The zero-order valence-corrected chi connectivity index (χ0v) is 12.9. The van der Waals surface area contributed by atoms with Gasteiger partial charge in [0.2, 0.25) is 5.91 Å². The molecule has 0 radical (unpaired) electrons. The van der Waals surface area contributed by atoms with Crippen molar-refractivity contribution in [2.75, 3.05) is 19.6 Å². The number of carbonyl (C=O) groups is 1. The van der Waals surface area contributed by atoms with E-state index in [4.69, 9.17) is 0 Å². The van der Waals surface area contributed by atoms with Crippen LogP contribution in [0, 0.1) is 0 Å². The number of nitrogens with zero attached hydrogens (tertiary/aromatic N) is 2. The van der Waals surface area contributed by atoms with Crippen LogP contribution in [0.4, 0.5) is 0 Å². The van der Waals surface area contributed by atoms with Crippen LogP contribution in [0.5, 0.6) is 0 Å². The molecule has 3 heterocycles. The van der Waals surface area contributed by atoms with Crippen LogP contribution in [-0.4, -0.2) is 46.2 Å². The molecule has 1 aromatic rings. The van der Waals surface area contributed by atoms with Gasteiger partial charge in [0.05, 0.1) is 5.54 Å². The summed E-state index contributed by atoms with van der Waals surface area (Å²) in [5.41, 5.74) is 0.876. The second-order valence-electron chi connectivity index (χ2n) is 6.46. The number of carbonyl (C=O) groups excluding carboxylic acids is 1. The van der Waals surface area contributed by atoms with Crippen LogP contribution in [0.2, 0.25) is 0 Å². The number of hydrogen-bond acceptors (Lipinski definition) is 3. The Morgan fingerprint density at radius 2 is 2.43 bits per heavy atom. The number of aromatic amines is 1. The Hall–Kier alpha value is -1.36. The number of piperidine rings is 1. The van der Waals surface area contributed by atoms with Crippen LogP contribution in [0.1, 0.15) is 57.1 Å². The van der Waals surface area contributed by atoms with Crippen LogP contribution in [0.15, 0.2) is 12.3 Å². The highest BCUT2D eigenvalue weighted by Crippen LogP contribution is 2.31. The molecule has 2 N–H and O–H groups in total. The van der Waals surface area contributed by atoms with E-state index in [0.717, 1.165) is 63.9 Å². The highest BCUT2D eigenvalue weighted by molar-refractivity contribution is 5.87. The Bertz CT molecular complexity index is 465. The number of aromatic nitrogens is 2. The molecule has 5 heteroatoms. The third kappa shape index (κ3) is 2.84. The molecule has 2 saturated heterocycles. The van der Waals surface area contributed by atoms with E-state index in [-0.39, 0.29) is 5.54 Å². The van der Waals surface area contributed by atoms with Crippen molar-refractivity contribution in [2.24, 2.45) is 0 Å². The highest BCUT2D eigenvalue weighted by atomic mass is 16.2. The van der Waals surface area contributed by atoms with Crippen LogP contribution < -0.4 is 5.32 Å². The van der Waals surface area contributed by atoms with Gasteiger partial charge >= 0.3 is 0 Å². The minimum absolute atomic E-state index is 0.287. The molecule has 0 bridgehead atoms. The lowest BCUT2D eigenvalue weighted by molar-refractivity contribution is -0.139. The van der Waals surface area contributed by atoms with Crippen molar-refractivity contribution in [2.45, 2.75) is 56.9 Å². The Morgan fingerprint density at radius 1 is 1.52 bits per heavy atom. The Morgan fingerprint density at radius 3 is 3.10 bits per heavy atom. The van der Waals surface area contributed by atoms with E-state index in [0.29, 0.717) is 11.8 Å². The van der Waals surface area contributed by atoms with Gasteiger partial charge in [-0.2, -0.15) is 5.10 Å². The first kappa shape index (κ1) is 14.6. The molecule has 2 atom stereocenters. The maximum absolute atomic E-state index is 13.1. The van der Waals surface area contributed by atoms with Crippen molar-refractivity contribution >= 4 is 5.91 Å². The first-order valence-electron chi connectivity index (χ1n) is 8.29. The van der Waals surface area contributed by atoms with Crippen molar-refractivity contribution in [3.63, 3.8) is 0 Å². The molecular formula is C16H26N4O. The molecule has 21 heavy (non-hydrogen) atoms. The van der Waals surface area contributed by atoms with E-state index < -0.39 is 0 Å². The smallest absolute Gasteiger partial charge is 0.242 e. The van der Waals surface area contributed by atoms with Crippen LogP contribution in [-0.2, 0) is 4.79 Å². The van der Waals surface area contributed by atoms with E-state index in [1.54, 1.807) is 6.20 Å². The number of hydrogen-bond donors (Lipinski definition) is 2. The quantitative estimate of drug-likeness (QED) is 0.892. The molecule has 0 aromatic carbocycles. The summed E-state index contributed by atoms with van der Waals surface area (Å²) in [5, 5.41) is 10.6. The van der Waals surface area contributed by atoms with Crippen molar-refractivity contribution < 1.29 is 4.79 Å². The van der Waals surface area contributed by atoms with Gasteiger partial charge in [-0.1, -0.05) is 13.3 Å². The largest absolute Gasteiger partial charge is 0.340 e. The molecule has 0 spiro atoms. The average molecular weight is 290 g/mol. The summed E-state index contributed by atoms with van der Waals surface area (Å²) in [5.74, 6) is 0.733. The molecule has 1 aromatic heterocycles. The van der Waals surface area contributed by atoms with E-state index in [1.165, 1.54) is 0 Å². The van der Waals surface area contributed by atoms with E-state index >= 15 is 0 Å². The standard InChI is InChI=1S/C16H26N4O/c1-2-7-16(8-4-9-17-16)15(21)20-11-3-5-13(12-20)14-6-10-18-19-14/h6,10,13,17H,2-5,7-9,11-12H2,1H3,(H,18,19). The molecule has 5 nitrogen and oxygen atoms in total. The summed E-state index contributed by atoms with van der Waals surface area (Å²) in [4.78, 5) is 15.2. The Balaban J connectivity index is 1.71. The lowest BCUT2D eigenvalue weighted by Gasteiger charge is -2.39. The van der Waals surface area contributed by atoms with Crippen molar-refractivity contribution in [1.29, 1.82) is 0 Å². The van der Waals surface area contributed by atoms with E-state index in [1.807, 2.05) is 6.07 Å². The maximum atomic E-state index is 13.1. The zero-order chi connectivity index (χ0) is 14.7. The first-order chi connectivity index (χ1) is 10.2. The fraction of sp³-hybridized carbons (Fsp3) is 0.750. The molecular weight excluding hydrogens is 264 g/mol. The number of amides is 1. The number of rotatable bonds is 4. The van der Waals surface area contributed by atoms with Gasteiger partial charge < -0.3 is 10.2 Å². The SMILES string of the molecule is CCCC1(C(=O)N2CCCC(c3ccn[nH]3)C2)CCCN1. The van der Waals surface area contributed by atoms with Crippen LogP contribution in [0.3, 0.4) is 0 Å². The molecule has 3 rings (SSSR count). The van der Waals surface area contributed by atoms with Crippen molar-refractivity contribution in [1.82, 2.24) is 20.4 Å². The molecule has 2 fully saturated rings. The van der Waals surface area contributed by atoms with Gasteiger partial charge in [-0.05, 0) is 44.7 Å². The zero-order valence-electron chi connectivity index (χ0n) is 12.9. The molecule has 0 aliphatic carbocycles. The van der Waals surface area contributed by atoms with Gasteiger partial charge in [0.1, 0.15) is 0 Å². The molecule has 2 unspecified atom stereocenters. The topological polar surface area (TPSA) is 61.0 Å². The van der Waals surface area contributed by atoms with Gasteiger partial charge in [0.25, 0.3) is 0 Å². The lowest BCUT2D eigenvalue weighted by Crippen LogP contribution is -2.56. The van der Waals surface area contributed by atoms with Gasteiger partial charge in [0.15, 0.2) is 0 Å². The second-order valence-corrected chi connectivity index (χ2v) is 6.46. The summed E-state index contributed by atoms with van der Waals surface area (Å²) in [6.07, 6.45) is 8.13. The normalized spacial score (nSPS) is 29.8. The number of H-pyrrole nitrogens is 1. The average Bonchev–Trinajstić information content (AvgIpc) is 3.19. The predicted molar refractivity (Wildman–Crippen MR) is 82.0 cm³/mol. The molecule has 2 aliphatic rings. The fourth-order valence-corrected chi connectivity index (χ4v) is 3.95. The monoisotopic (exact) mass is 290 g/mol. The second kappa shape index (κ2) is 6.18. The summed E-state index contributed by atoms with van der Waals surface area (Å²) >= 11 is 0. The number of likely N-dealkylation sites (tertiary alicyclic amines) is 1. The highest BCUT2D eigenvalue weighted by Gasteiger charge is 2.43. The van der Waals surface area contributed by atoms with E-state index in [9.17, 15) is 4.79 Å². The summed E-state index contributed by atoms with van der Waals surface area (Å²) in [7, 11) is 0. The van der Waals surface area contributed by atoms with Gasteiger partial charge in [-0.25, -0.2) is 0 Å². The van der Waals surface area contributed by atoms with Crippen LogP contribution >= 0.6 is 0 Å². The van der Waals surface area contributed by atoms with E-state index in [2.05, 4.69) is 27.3 Å². The molecule has 0 saturated carbocycles. The fourth-order valence-electron chi connectivity index (χ4n) is 3.95. The molecule has 1 amide bonds. The third-order valence-electron chi connectivity index (χ3n) is 5.00. The maximum Gasteiger partial charge on any atom is 0.242 e. The van der Waals surface area contributed by atoms with Crippen molar-refractivity contribution in [3.8, 4) is 0 Å². The lowest BCUT2D eigenvalue weighted by atomic mass is 9.87. The Labute approximate surface area is 126 Å². The van der Waals surface area contributed by atoms with Gasteiger partial charge in [0, 0.05) is 30.9 Å².